The molecule has 5 aromatic rings. The van der Waals surface area contributed by atoms with Crippen molar-refractivity contribution in [1.29, 1.82) is 0 Å². The molecule has 0 saturated carbocycles. The van der Waals surface area contributed by atoms with Crippen molar-refractivity contribution in [3.05, 3.63) is 140 Å². The number of hydrogen-bond donors (Lipinski definition) is 2. The van der Waals surface area contributed by atoms with Gasteiger partial charge in [-0.3, -0.25) is 29.8 Å². The highest BCUT2D eigenvalue weighted by Crippen LogP contribution is 2.37. The third kappa shape index (κ3) is 7.28. The summed E-state index contributed by atoms with van der Waals surface area (Å²) in [5.41, 5.74) is 2.50. The number of anilines is 2. The highest BCUT2D eigenvalue weighted by Gasteiger charge is 2.23. The third-order valence-corrected chi connectivity index (χ3v) is 8.16. The monoisotopic (exact) mass is 611 g/mol. The number of thiazole rings is 1. The van der Waals surface area contributed by atoms with E-state index >= 15 is 0 Å². The van der Waals surface area contributed by atoms with E-state index in [2.05, 4.69) is 15.6 Å². The van der Waals surface area contributed by atoms with E-state index in [1.54, 1.807) is 41.8 Å². The van der Waals surface area contributed by atoms with E-state index in [1.165, 1.54) is 59.5 Å². The van der Waals surface area contributed by atoms with E-state index in [1.807, 2.05) is 30.3 Å². The van der Waals surface area contributed by atoms with Gasteiger partial charge in [-0.1, -0.05) is 42.5 Å². The minimum absolute atomic E-state index is 0.0476. The Labute approximate surface area is 252 Å². The molecule has 43 heavy (non-hydrogen) atoms. The second-order valence-electron chi connectivity index (χ2n) is 9.03. The average molecular weight is 612 g/mol. The molecule has 1 atom stereocenters. The van der Waals surface area contributed by atoms with E-state index in [-0.39, 0.29) is 22.8 Å². The zero-order chi connectivity index (χ0) is 30.3. The minimum Gasteiger partial charge on any atom is -0.322 e. The number of aromatic nitrogens is 1. The van der Waals surface area contributed by atoms with E-state index in [4.69, 9.17) is 0 Å². The predicted octanol–water partition coefficient (Wildman–Crippen LogP) is 7.35. The molecule has 1 heterocycles. The summed E-state index contributed by atoms with van der Waals surface area (Å²) in [4.78, 5) is 52.3. The molecule has 2 amide bonds. The van der Waals surface area contributed by atoms with Gasteiger partial charge in [0.15, 0.2) is 5.13 Å². The first-order valence-electron chi connectivity index (χ1n) is 12.7. The molecule has 1 aromatic heterocycles. The summed E-state index contributed by atoms with van der Waals surface area (Å²) in [7, 11) is 0. The molecule has 0 aliphatic rings. The Morgan fingerprint density at radius 2 is 1.49 bits per heavy atom. The van der Waals surface area contributed by atoms with Crippen LogP contribution in [0.5, 0.6) is 0 Å². The van der Waals surface area contributed by atoms with E-state index in [0.717, 1.165) is 10.5 Å². The van der Waals surface area contributed by atoms with Crippen molar-refractivity contribution in [2.75, 3.05) is 10.6 Å². The average Bonchev–Trinajstić information content (AvgIpc) is 3.49. The van der Waals surface area contributed by atoms with E-state index in [0.29, 0.717) is 22.1 Å². The van der Waals surface area contributed by atoms with Crippen molar-refractivity contribution in [3.8, 4) is 11.3 Å². The van der Waals surface area contributed by atoms with E-state index < -0.39 is 21.0 Å². The largest absolute Gasteiger partial charge is 0.322 e. The number of hydrogen-bond acceptors (Lipinski definition) is 9. The molecule has 0 fully saturated rings. The lowest BCUT2D eigenvalue weighted by atomic mass is 10.1. The maximum Gasteiger partial charge on any atom is 0.270 e. The molecular formula is C30H21N5O6S2. The number of non-ortho nitro benzene ring substituents is 2. The van der Waals surface area contributed by atoms with Crippen LogP contribution < -0.4 is 10.6 Å². The summed E-state index contributed by atoms with van der Waals surface area (Å²) in [6.45, 7) is 0. The molecule has 1 unspecified atom stereocenters. The van der Waals surface area contributed by atoms with Crippen molar-refractivity contribution in [2.24, 2.45) is 0 Å². The first-order chi connectivity index (χ1) is 20.8. The molecule has 0 aliphatic carbocycles. The fourth-order valence-corrected chi connectivity index (χ4v) is 5.75. The van der Waals surface area contributed by atoms with Crippen LogP contribution in [-0.2, 0) is 4.79 Å². The predicted molar refractivity (Wildman–Crippen MR) is 165 cm³/mol. The number of nitrogens with one attached hydrogen (secondary N) is 2. The number of nitro benzene ring substituents is 2. The highest BCUT2D eigenvalue weighted by atomic mass is 32.2. The Hall–Kier alpha value is -5.40. The highest BCUT2D eigenvalue weighted by molar-refractivity contribution is 8.00. The molecular weight excluding hydrogens is 590 g/mol. The molecule has 4 aromatic carbocycles. The number of nitro groups is 2. The molecule has 5 rings (SSSR count). The van der Waals surface area contributed by atoms with Gasteiger partial charge in [0.1, 0.15) is 5.25 Å². The quantitative estimate of drug-likeness (QED) is 0.0942. The van der Waals surface area contributed by atoms with Crippen LogP contribution in [-0.4, -0.2) is 26.6 Å². The van der Waals surface area contributed by atoms with Gasteiger partial charge in [0.05, 0.1) is 15.5 Å². The first kappa shape index (κ1) is 29.1. The second kappa shape index (κ2) is 13.1. The van der Waals surface area contributed by atoms with Crippen molar-refractivity contribution >= 4 is 57.1 Å². The van der Waals surface area contributed by atoms with Crippen molar-refractivity contribution < 1.29 is 19.4 Å². The number of benzene rings is 4. The van der Waals surface area contributed by atoms with Crippen LogP contribution in [0.15, 0.2) is 113 Å². The van der Waals surface area contributed by atoms with E-state index in [9.17, 15) is 29.8 Å². The molecule has 214 valence electrons. The van der Waals surface area contributed by atoms with Crippen LogP contribution in [0.1, 0.15) is 21.2 Å². The molecule has 13 heteroatoms. The summed E-state index contributed by atoms with van der Waals surface area (Å²) in [5.74, 6) is -0.712. The number of nitrogens with zero attached hydrogens (tertiary/aromatic N) is 3. The van der Waals surface area contributed by atoms with Crippen molar-refractivity contribution in [1.82, 2.24) is 4.98 Å². The summed E-state index contributed by atoms with van der Waals surface area (Å²) >= 11 is 2.54. The Balaban J connectivity index is 1.28. The smallest absolute Gasteiger partial charge is 0.270 e. The molecule has 0 bridgehead atoms. The van der Waals surface area contributed by atoms with Crippen molar-refractivity contribution in [2.45, 2.75) is 10.1 Å². The third-order valence-electron chi connectivity index (χ3n) is 6.13. The van der Waals surface area contributed by atoms with Gasteiger partial charge in [-0.05, 0) is 42.0 Å². The second-order valence-corrected chi connectivity index (χ2v) is 11.1. The fraction of sp³-hybridized carbons (Fsp3) is 0.0333. The summed E-state index contributed by atoms with van der Waals surface area (Å²) in [5, 5.41) is 29.1. The summed E-state index contributed by atoms with van der Waals surface area (Å²) in [6, 6.07) is 27.7. The molecule has 0 saturated heterocycles. The number of carbonyl (C=O) groups is 2. The van der Waals surface area contributed by atoms with Gasteiger partial charge in [0.25, 0.3) is 17.3 Å². The molecule has 0 aliphatic heterocycles. The Bertz CT molecular complexity index is 1790. The molecule has 2 N–H and O–H groups in total. The SMILES string of the molecule is O=C(Nc1ccc(SC(C(=O)Nc2nc(-c3cccc([N+](=O)[O-])c3)cs2)c2ccccc2)cc1)c1ccc([N+](=O)[O-])cc1. The van der Waals surface area contributed by atoms with Crippen molar-refractivity contribution in [3.63, 3.8) is 0 Å². The van der Waals surface area contributed by atoms with Crippen LogP contribution >= 0.6 is 23.1 Å². The van der Waals surface area contributed by atoms with Gasteiger partial charge in [0.2, 0.25) is 5.91 Å². The number of carbonyl (C=O) groups excluding carboxylic acids is 2. The van der Waals surface area contributed by atoms with Crippen LogP contribution in [0, 0.1) is 20.2 Å². The van der Waals surface area contributed by atoms with Crippen LogP contribution in [0.3, 0.4) is 0 Å². The van der Waals surface area contributed by atoms with Gasteiger partial charge in [-0.2, -0.15) is 0 Å². The Morgan fingerprint density at radius 3 is 2.16 bits per heavy atom. The van der Waals surface area contributed by atoms with Gasteiger partial charge >= 0.3 is 0 Å². The van der Waals surface area contributed by atoms with Crippen LogP contribution in [0.4, 0.5) is 22.2 Å². The topological polar surface area (TPSA) is 157 Å². The van der Waals surface area contributed by atoms with Crippen LogP contribution in [0.25, 0.3) is 11.3 Å². The maximum absolute atomic E-state index is 13.5. The number of amides is 2. The lowest BCUT2D eigenvalue weighted by Gasteiger charge is -2.16. The van der Waals surface area contributed by atoms with Gasteiger partial charge in [-0.25, -0.2) is 4.98 Å². The maximum atomic E-state index is 13.5. The number of thioether (sulfide) groups is 1. The standard InChI is InChI=1S/C30H21N5O6S2/c36-28(20-9-13-23(14-10-20)34(38)39)31-22-11-15-25(16-12-22)43-27(19-5-2-1-3-6-19)29(37)33-30-32-26(18-42-30)21-7-4-8-24(17-21)35(40)41/h1-18,27H,(H,31,36)(H,32,33,37). The fourth-order valence-electron chi connectivity index (χ4n) is 4.00. The lowest BCUT2D eigenvalue weighted by molar-refractivity contribution is -0.385. The summed E-state index contributed by atoms with van der Waals surface area (Å²) < 4.78 is 0. The zero-order valence-electron chi connectivity index (χ0n) is 22.1. The number of rotatable bonds is 10. The van der Waals surface area contributed by atoms with Crippen LogP contribution in [0.2, 0.25) is 0 Å². The summed E-state index contributed by atoms with van der Waals surface area (Å²) in [6.07, 6.45) is 0. The Kier molecular flexibility index (Phi) is 8.84. The zero-order valence-corrected chi connectivity index (χ0v) is 23.7. The Morgan fingerprint density at radius 1 is 0.791 bits per heavy atom. The molecule has 0 spiro atoms. The van der Waals surface area contributed by atoms with Gasteiger partial charge in [-0.15, -0.1) is 23.1 Å². The lowest BCUT2D eigenvalue weighted by Crippen LogP contribution is -2.19. The molecule has 11 nitrogen and oxygen atoms in total. The van der Waals surface area contributed by atoms with Gasteiger partial charge in [0, 0.05) is 51.4 Å². The molecule has 0 radical (unpaired) electrons. The van der Waals surface area contributed by atoms with Gasteiger partial charge < -0.3 is 10.6 Å². The first-order valence-corrected chi connectivity index (χ1v) is 14.4. The minimum atomic E-state index is -0.632. The normalized spacial score (nSPS) is 11.3.